The molecule has 9 heteroatoms. The maximum atomic E-state index is 11.9. The van der Waals surface area contributed by atoms with E-state index in [2.05, 4.69) is 5.32 Å². The highest BCUT2D eigenvalue weighted by molar-refractivity contribution is 7.85. The average molecular weight is 399 g/mol. The molecule has 0 saturated heterocycles. The number of amides is 1. The largest absolute Gasteiger partial charge is 0.480 e. The number of ketones is 1. The molecule has 1 aromatic rings. The fraction of sp³-hybridized carbons (Fsp3) is 0.500. The highest BCUT2D eigenvalue weighted by Gasteiger charge is 2.25. The molecule has 0 aliphatic heterocycles. The van der Waals surface area contributed by atoms with Gasteiger partial charge in [0.15, 0.2) is 5.78 Å². The molecule has 0 radical (unpaired) electrons. The van der Waals surface area contributed by atoms with Crippen LogP contribution in [0.5, 0.6) is 0 Å². The topological polar surface area (TPSA) is 138 Å². The zero-order chi connectivity index (χ0) is 20.3. The summed E-state index contributed by atoms with van der Waals surface area (Å²) < 4.78 is 30.2. The van der Waals surface area contributed by atoms with Crippen molar-refractivity contribution in [1.82, 2.24) is 5.32 Å². The smallest absolute Gasteiger partial charge is 0.327 e. The van der Waals surface area contributed by atoms with Gasteiger partial charge in [0.25, 0.3) is 10.1 Å². The van der Waals surface area contributed by atoms with Crippen LogP contribution in [0.3, 0.4) is 0 Å². The summed E-state index contributed by atoms with van der Waals surface area (Å²) in [4.78, 5) is 34.5. The first kappa shape index (κ1) is 22.8. The highest BCUT2D eigenvalue weighted by Crippen LogP contribution is 2.11. The minimum absolute atomic E-state index is 0.0677. The van der Waals surface area contributed by atoms with Crippen molar-refractivity contribution in [3.05, 3.63) is 35.9 Å². The van der Waals surface area contributed by atoms with E-state index in [1.54, 1.807) is 12.1 Å². The molecule has 0 unspecified atom stereocenters. The molecule has 0 fully saturated rings. The maximum absolute atomic E-state index is 11.9. The van der Waals surface area contributed by atoms with Crippen molar-refractivity contribution in [3.8, 4) is 0 Å². The monoisotopic (exact) mass is 399 g/mol. The quantitative estimate of drug-likeness (QED) is 0.262. The van der Waals surface area contributed by atoms with Crippen LogP contribution in [-0.4, -0.2) is 47.5 Å². The Balaban J connectivity index is 2.15. The van der Waals surface area contributed by atoms with Crippen LogP contribution in [0.4, 0.5) is 0 Å². The number of rotatable bonds is 13. The van der Waals surface area contributed by atoms with E-state index in [1.165, 1.54) is 0 Å². The Labute approximate surface area is 158 Å². The predicted molar refractivity (Wildman–Crippen MR) is 99.1 cm³/mol. The highest BCUT2D eigenvalue weighted by atomic mass is 32.2. The first-order valence-corrected chi connectivity index (χ1v) is 10.4. The zero-order valence-electron chi connectivity index (χ0n) is 15.0. The number of hydrogen-bond donors (Lipinski definition) is 3. The molecule has 8 nitrogen and oxygen atoms in total. The van der Waals surface area contributed by atoms with E-state index in [0.29, 0.717) is 18.4 Å². The standard InChI is InChI=1S/C18H25NO7S/c20-16(14-9-5-4-6-10-14)11-7-2-1-3-8-12-17(21)19-15(18(22)23)13-27(24,25)26/h4-6,9-10,15H,1-3,7-8,11-13H2,(H,19,21)(H,22,23)(H,24,25,26)/t15-/m0/s1. The van der Waals surface area contributed by atoms with Gasteiger partial charge in [-0.1, -0.05) is 49.6 Å². The third-order valence-corrected chi connectivity index (χ3v) is 4.67. The minimum Gasteiger partial charge on any atom is -0.480 e. The van der Waals surface area contributed by atoms with Crippen molar-refractivity contribution in [2.75, 3.05) is 5.75 Å². The fourth-order valence-electron chi connectivity index (χ4n) is 2.52. The molecule has 0 saturated carbocycles. The molecule has 3 N–H and O–H groups in total. The van der Waals surface area contributed by atoms with Crippen molar-refractivity contribution >= 4 is 27.8 Å². The molecule has 150 valence electrons. The molecule has 0 aliphatic carbocycles. The Morgan fingerprint density at radius 2 is 1.48 bits per heavy atom. The van der Waals surface area contributed by atoms with Crippen molar-refractivity contribution in [2.24, 2.45) is 0 Å². The Kier molecular flexibility index (Phi) is 9.66. The van der Waals surface area contributed by atoms with Gasteiger partial charge in [0.1, 0.15) is 11.8 Å². The van der Waals surface area contributed by atoms with E-state index in [-0.39, 0.29) is 12.2 Å². The summed E-state index contributed by atoms with van der Waals surface area (Å²) in [5.74, 6) is -3.06. The van der Waals surface area contributed by atoms with Crippen molar-refractivity contribution < 1.29 is 32.5 Å². The lowest BCUT2D eigenvalue weighted by Gasteiger charge is -2.12. The number of carboxylic acids is 1. The second-order valence-electron chi connectivity index (χ2n) is 6.26. The Morgan fingerprint density at radius 3 is 2.04 bits per heavy atom. The minimum atomic E-state index is -4.50. The normalized spacial score (nSPS) is 12.3. The van der Waals surface area contributed by atoms with Crippen LogP contribution in [0, 0.1) is 0 Å². The number of carboxylic acid groups (broad SMARTS) is 1. The molecule has 1 amide bonds. The van der Waals surface area contributed by atoms with Crippen LogP contribution in [0.25, 0.3) is 0 Å². The molecular formula is C18H25NO7S. The predicted octanol–water partition coefficient (Wildman–Crippen LogP) is 2.06. The van der Waals surface area contributed by atoms with Gasteiger partial charge in [-0.2, -0.15) is 8.42 Å². The van der Waals surface area contributed by atoms with Crippen LogP contribution in [0.15, 0.2) is 30.3 Å². The SMILES string of the molecule is O=C(CCCCCCCC(=O)c1ccccc1)N[C@@H](CS(=O)(=O)O)C(=O)O. The molecule has 1 aromatic carbocycles. The van der Waals surface area contributed by atoms with Crippen LogP contribution in [-0.2, 0) is 19.7 Å². The lowest BCUT2D eigenvalue weighted by atomic mass is 10.0. The van der Waals surface area contributed by atoms with E-state index in [0.717, 1.165) is 25.7 Å². The Hall–Kier alpha value is -2.26. The van der Waals surface area contributed by atoms with Gasteiger partial charge in [0.2, 0.25) is 5.91 Å². The summed E-state index contributed by atoms with van der Waals surface area (Å²) in [7, 11) is -4.50. The third-order valence-electron chi connectivity index (χ3n) is 3.91. The zero-order valence-corrected chi connectivity index (χ0v) is 15.8. The van der Waals surface area contributed by atoms with Gasteiger partial charge >= 0.3 is 5.97 Å². The first-order valence-electron chi connectivity index (χ1n) is 8.74. The number of unbranched alkanes of at least 4 members (excludes halogenated alkanes) is 4. The van der Waals surface area contributed by atoms with Gasteiger partial charge in [-0.05, 0) is 12.8 Å². The number of carbonyl (C=O) groups is 3. The third kappa shape index (κ3) is 10.5. The summed E-state index contributed by atoms with van der Waals surface area (Å²) in [6.07, 6.45) is 4.25. The number of nitrogens with one attached hydrogen (secondary N) is 1. The number of carbonyl (C=O) groups excluding carboxylic acids is 2. The fourth-order valence-corrected chi connectivity index (χ4v) is 3.17. The summed E-state index contributed by atoms with van der Waals surface area (Å²) in [6, 6.07) is 7.40. The van der Waals surface area contributed by atoms with Crippen molar-refractivity contribution in [1.29, 1.82) is 0 Å². The molecule has 0 aromatic heterocycles. The van der Waals surface area contributed by atoms with Crippen LogP contribution >= 0.6 is 0 Å². The second kappa shape index (κ2) is 11.5. The maximum Gasteiger partial charge on any atom is 0.327 e. The van der Waals surface area contributed by atoms with E-state index < -0.39 is 33.8 Å². The van der Waals surface area contributed by atoms with E-state index in [1.807, 2.05) is 18.2 Å². The molecule has 0 spiro atoms. The number of aliphatic carboxylic acids is 1. The van der Waals surface area contributed by atoms with Crippen molar-refractivity contribution in [2.45, 2.75) is 51.0 Å². The Bertz CT molecular complexity index is 731. The van der Waals surface area contributed by atoms with Crippen molar-refractivity contribution in [3.63, 3.8) is 0 Å². The summed E-state index contributed by atoms with van der Waals surface area (Å²) in [5.41, 5.74) is 0.701. The molecule has 0 heterocycles. The molecule has 1 atom stereocenters. The number of benzene rings is 1. The van der Waals surface area contributed by atoms with Gasteiger partial charge in [0.05, 0.1) is 0 Å². The van der Waals surface area contributed by atoms with Gasteiger partial charge in [0, 0.05) is 18.4 Å². The molecule has 1 rings (SSSR count). The van der Waals surface area contributed by atoms with Crippen LogP contribution in [0.2, 0.25) is 0 Å². The average Bonchev–Trinajstić information content (AvgIpc) is 2.59. The van der Waals surface area contributed by atoms with E-state index >= 15 is 0 Å². The Morgan fingerprint density at radius 1 is 0.926 bits per heavy atom. The lowest BCUT2D eigenvalue weighted by Crippen LogP contribution is -2.45. The van der Waals surface area contributed by atoms with Gasteiger partial charge in [-0.15, -0.1) is 0 Å². The van der Waals surface area contributed by atoms with Gasteiger partial charge in [-0.25, -0.2) is 4.79 Å². The first-order chi connectivity index (χ1) is 12.7. The summed E-state index contributed by atoms with van der Waals surface area (Å²) in [6.45, 7) is 0. The van der Waals surface area contributed by atoms with Crippen LogP contribution in [0.1, 0.15) is 55.3 Å². The van der Waals surface area contributed by atoms with E-state index in [9.17, 15) is 22.8 Å². The molecule has 0 bridgehead atoms. The summed E-state index contributed by atoms with van der Waals surface area (Å²) in [5, 5.41) is 10.9. The van der Waals surface area contributed by atoms with E-state index in [4.69, 9.17) is 9.66 Å². The van der Waals surface area contributed by atoms with Crippen LogP contribution < -0.4 is 5.32 Å². The summed E-state index contributed by atoms with van der Waals surface area (Å²) >= 11 is 0. The number of Topliss-reactive ketones (excluding diaryl/α,β-unsaturated/α-hetero) is 1. The molecule has 0 aliphatic rings. The second-order valence-corrected chi connectivity index (χ2v) is 7.76. The lowest BCUT2D eigenvalue weighted by molar-refractivity contribution is -0.141. The van der Waals surface area contributed by atoms with Gasteiger partial charge in [-0.3, -0.25) is 14.1 Å². The van der Waals surface area contributed by atoms with Gasteiger partial charge < -0.3 is 10.4 Å². The molecule has 27 heavy (non-hydrogen) atoms. The number of hydrogen-bond acceptors (Lipinski definition) is 5. The molecular weight excluding hydrogens is 374 g/mol.